The Morgan fingerprint density at radius 3 is 2.59 bits per heavy atom. The molecular weight excluding hydrogens is 278 g/mol. The van der Waals surface area contributed by atoms with Crippen LogP contribution in [-0.2, 0) is 0 Å². The highest BCUT2D eigenvalue weighted by atomic mass is 16.6. The van der Waals surface area contributed by atoms with Gasteiger partial charge in [-0.1, -0.05) is 42.5 Å². The number of hydrogen-bond donors (Lipinski definition) is 0. The maximum atomic E-state index is 11.3. The summed E-state index contributed by atoms with van der Waals surface area (Å²) in [6.07, 6.45) is 3.31. The highest BCUT2D eigenvalue weighted by molar-refractivity contribution is 5.68. The third-order valence-corrected chi connectivity index (χ3v) is 3.37. The second-order valence-corrected chi connectivity index (χ2v) is 5.10. The van der Waals surface area contributed by atoms with Crippen LogP contribution in [0.2, 0.25) is 0 Å². The number of hydrogen-bond acceptors (Lipinski definition) is 3. The summed E-state index contributed by atoms with van der Waals surface area (Å²) in [7, 11) is 0. The number of nitrogens with zero attached hydrogens (tertiary/aromatic N) is 1. The summed E-state index contributed by atoms with van der Waals surface area (Å²) in [5.41, 5.74) is 1.74. The molecule has 22 heavy (non-hydrogen) atoms. The van der Waals surface area contributed by atoms with E-state index >= 15 is 0 Å². The minimum absolute atomic E-state index is 0.00759. The van der Waals surface area contributed by atoms with Gasteiger partial charge in [0.1, 0.15) is 0 Å². The molecule has 0 fully saturated rings. The van der Waals surface area contributed by atoms with Crippen LogP contribution in [0.3, 0.4) is 0 Å². The molecule has 4 heteroatoms. The molecule has 0 aliphatic rings. The van der Waals surface area contributed by atoms with Crippen LogP contribution in [-0.4, -0.2) is 11.0 Å². The minimum Gasteiger partial charge on any atom is -0.484 e. The van der Waals surface area contributed by atoms with Crippen molar-refractivity contribution in [3.8, 4) is 16.9 Å². The number of benzene rings is 2. The van der Waals surface area contributed by atoms with Gasteiger partial charge in [-0.3, -0.25) is 10.1 Å². The van der Waals surface area contributed by atoms with Crippen molar-refractivity contribution in [2.45, 2.75) is 25.9 Å². The number of nitro groups is 1. The predicted molar refractivity (Wildman–Crippen MR) is 88.1 cm³/mol. The first-order valence-electron chi connectivity index (χ1n) is 7.23. The predicted octanol–water partition coefficient (Wildman–Crippen LogP) is 5.00. The molecule has 4 nitrogen and oxygen atoms in total. The molecule has 0 spiro atoms. The van der Waals surface area contributed by atoms with E-state index < -0.39 is 4.92 Å². The second-order valence-electron chi connectivity index (χ2n) is 5.10. The summed E-state index contributed by atoms with van der Waals surface area (Å²) < 4.78 is 5.71. The lowest BCUT2D eigenvalue weighted by molar-refractivity contribution is -0.386. The van der Waals surface area contributed by atoms with E-state index in [4.69, 9.17) is 4.74 Å². The lowest BCUT2D eigenvalue weighted by Gasteiger charge is -2.14. The number of rotatable bonds is 7. The monoisotopic (exact) mass is 297 g/mol. The zero-order valence-electron chi connectivity index (χ0n) is 12.6. The highest BCUT2D eigenvalue weighted by Crippen LogP contribution is 2.33. The number of nitro benzene ring substituents is 1. The van der Waals surface area contributed by atoms with Gasteiger partial charge < -0.3 is 4.74 Å². The zero-order chi connectivity index (χ0) is 15.9. The first-order chi connectivity index (χ1) is 10.6. The van der Waals surface area contributed by atoms with E-state index in [1.165, 1.54) is 0 Å². The normalized spacial score (nSPS) is 11.7. The van der Waals surface area contributed by atoms with Crippen LogP contribution in [0.15, 0.2) is 61.2 Å². The topological polar surface area (TPSA) is 52.4 Å². The van der Waals surface area contributed by atoms with Gasteiger partial charge >= 0.3 is 5.69 Å². The molecule has 0 aliphatic heterocycles. The summed E-state index contributed by atoms with van der Waals surface area (Å²) in [5, 5.41) is 11.3. The van der Waals surface area contributed by atoms with Crippen molar-refractivity contribution < 1.29 is 9.66 Å². The molecule has 0 unspecified atom stereocenters. The Morgan fingerprint density at radius 1 is 1.23 bits per heavy atom. The molecule has 0 amide bonds. The lowest BCUT2D eigenvalue weighted by Crippen LogP contribution is -2.12. The maximum Gasteiger partial charge on any atom is 0.311 e. The summed E-state index contributed by atoms with van der Waals surface area (Å²) in [4.78, 5) is 10.9. The van der Waals surface area contributed by atoms with E-state index in [1.807, 2.05) is 49.4 Å². The van der Waals surface area contributed by atoms with Gasteiger partial charge in [0.05, 0.1) is 11.0 Å². The largest absolute Gasteiger partial charge is 0.484 e. The molecule has 2 aromatic carbocycles. The van der Waals surface area contributed by atoms with Crippen molar-refractivity contribution in [3.05, 3.63) is 71.3 Å². The maximum absolute atomic E-state index is 11.3. The Bertz CT molecular complexity index is 653. The third kappa shape index (κ3) is 3.95. The minimum atomic E-state index is -0.401. The quantitative estimate of drug-likeness (QED) is 0.411. The first-order valence-corrected chi connectivity index (χ1v) is 7.23. The second kappa shape index (κ2) is 7.41. The Balaban J connectivity index is 2.28. The molecule has 0 saturated heterocycles. The molecule has 2 rings (SSSR count). The number of ether oxygens (including phenoxy) is 1. The molecule has 0 bridgehead atoms. The van der Waals surface area contributed by atoms with E-state index in [0.29, 0.717) is 5.75 Å². The molecular formula is C18H19NO3. The molecule has 0 N–H and O–H groups in total. The molecule has 1 atom stereocenters. The average molecular weight is 297 g/mol. The van der Waals surface area contributed by atoms with Crippen molar-refractivity contribution in [1.29, 1.82) is 0 Å². The highest BCUT2D eigenvalue weighted by Gasteiger charge is 2.18. The van der Waals surface area contributed by atoms with Gasteiger partial charge in [-0.25, -0.2) is 0 Å². The van der Waals surface area contributed by atoms with E-state index in [1.54, 1.807) is 12.1 Å². The fourth-order valence-electron chi connectivity index (χ4n) is 2.20. The molecule has 114 valence electrons. The Labute approximate surface area is 130 Å². The van der Waals surface area contributed by atoms with Gasteiger partial charge in [0.25, 0.3) is 0 Å². The Hall–Kier alpha value is -2.62. The van der Waals surface area contributed by atoms with Gasteiger partial charge in [-0.15, -0.1) is 6.58 Å². The van der Waals surface area contributed by atoms with E-state index in [9.17, 15) is 10.1 Å². The van der Waals surface area contributed by atoms with Crippen molar-refractivity contribution in [1.82, 2.24) is 0 Å². The van der Waals surface area contributed by atoms with Crippen LogP contribution in [0.4, 0.5) is 5.69 Å². The first kappa shape index (κ1) is 15.8. The van der Waals surface area contributed by atoms with Gasteiger partial charge in [0, 0.05) is 6.07 Å². The van der Waals surface area contributed by atoms with Gasteiger partial charge in [0.15, 0.2) is 5.75 Å². The molecule has 0 heterocycles. The van der Waals surface area contributed by atoms with E-state index in [2.05, 4.69) is 6.58 Å². The van der Waals surface area contributed by atoms with Crippen LogP contribution in [0.1, 0.15) is 19.8 Å². The van der Waals surface area contributed by atoms with Crippen LogP contribution >= 0.6 is 0 Å². The summed E-state index contributed by atoms with van der Waals surface area (Å²) in [6, 6.07) is 14.6. The third-order valence-electron chi connectivity index (χ3n) is 3.37. The van der Waals surface area contributed by atoms with Crippen LogP contribution in [0.25, 0.3) is 11.1 Å². The summed E-state index contributed by atoms with van der Waals surface area (Å²) >= 11 is 0. The van der Waals surface area contributed by atoms with Crippen LogP contribution < -0.4 is 4.74 Å². The lowest BCUT2D eigenvalue weighted by atomic mass is 10.0. The average Bonchev–Trinajstić information content (AvgIpc) is 2.54. The summed E-state index contributed by atoms with van der Waals surface area (Å²) in [6.45, 7) is 5.57. The fraction of sp³-hybridized carbons (Fsp3) is 0.222. The zero-order valence-corrected chi connectivity index (χ0v) is 12.6. The smallest absolute Gasteiger partial charge is 0.311 e. The van der Waals surface area contributed by atoms with Gasteiger partial charge in [-0.05, 0) is 37.0 Å². The van der Waals surface area contributed by atoms with Gasteiger partial charge in [-0.2, -0.15) is 0 Å². The number of allylic oxidation sites excluding steroid dienone is 1. The summed E-state index contributed by atoms with van der Waals surface area (Å²) in [5.74, 6) is 0.307. The van der Waals surface area contributed by atoms with Crippen LogP contribution in [0.5, 0.6) is 5.75 Å². The van der Waals surface area contributed by atoms with Crippen molar-refractivity contribution >= 4 is 5.69 Å². The van der Waals surface area contributed by atoms with Gasteiger partial charge in [0.2, 0.25) is 0 Å². The standard InChI is InChI=1S/C18H19NO3/c1-3-4-8-14(2)22-18-12-11-16(13-17(18)19(20)21)15-9-6-5-7-10-15/h3,5-7,9-14H,1,4,8H2,2H3/t14-/m1/s1. The molecule has 2 aromatic rings. The Morgan fingerprint density at radius 2 is 1.95 bits per heavy atom. The van der Waals surface area contributed by atoms with Crippen molar-refractivity contribution in [2.24, 2.45) is 0 Å². The van der Waals surface area contributed by atoms with Crippen molar-refractivity contribution in [3.63, 3.8) is 0 Å². The molecule has 0 radical (unpaired) electrons. The molecule has 0 aliphatic carbocycles. The van der Waals surface area contributed by atoms with E-state index in [0.717, 1.165) is 24.0 Å². The SMILES string of the molecule is C=CCC[C@@H](C)Oc1ccc(-c2ccccc2)cc1[N+](=O)[O-]. The molecule has 0 saturated carbocycles. The fourth-order valence-corrected chi connectivity index (χ4v) is 2.20. The van der Waals surface area contributed by atoms with Crippen molar-refractivity contribution in [2.75, 3.05) is 0 Å². The molecule has 0 aromatic heterocycles. The van der Waals surface area contributed by atoms with E-state index in [-0.39, 0.29) is 11.8 Å². The van der Waals surface area contributed by atoms with Crippen LogP contribution in [0, 0.1) is 10.1 Å². The Kier molecular flexibility index (Phi) is 5.31.